The highest BCUT2D eigenvalue weighted by Crippen LogP contribution is 2.30. The van der Waals surface area contributed by atoms with Crippen LogP contribution in [-0.4, -0.2) is 49.4 Å². The van der Waals surface area contributed by atoms with Crippen LogP contribution < -0.4 is 5.69 Å². The van der Waals surface area contributed by atoms with E-state index in [1.54, 1.807) is 19.2 Å². The second kappa shape index (κ2) is 6.11. The zero-order chi connectivity index (χ0) is 15.7. The lowest BCUT2D eigenvalue weighted by Gasteiger charge is -2.13. The normalized spacial score (nSPS) is 21.4. The highest BCUT2D eigenvalue weighted by molar-refractivity contribution is 8.00. The van der Waals surface area contributed by atoms with E-state index < -0.39 is 12.2 Å². The predicted octanol–water partition coefficient (Wildman–Crippen LogP) is 0.253. The molecule has 0 radical (unpaired) electrons. The van der Waals surface area contributed by atoms with Gasteiger partial charge in [0.1, 0.15) is 17.3 Å². The number of esters is 1. The second-order valence-electron chi connectivity index (χ2n) is 4.62. The summed E-state index contributed by atoms with van der Waals surface area (Å²) in [5, 5.41) is 9.09. The Morgan fingerprint density at radius 3 is 3.14 bits per heavy atom. The molecule has 0 bridgehead atoms. The minimum absolute atomic E-state index is 0.0895. The molecule has 0 saturated carbocycles. The van der Waals surface area contributed by atoms with Crippen LogP contribution >= 0.6 is 11.8 Å². The zero-order valence-corrected chi connectivity index (χ0v) is 12.7. The fourth-order valence-corrected chi connectivity index (χ4v) is 3.14. The summed E-state index contributed by atoms with van der Waals surface area (Å²) in [5.41, 5.74) is -0.226. The first-order valence-electron chi connectivity index (χ1n) is 6.79. The van der Waals surface area contributed by atoms with Crippen LogP contribution in [0.2, 0.25) is 0 Å². The molecule has 2 atom stereocenters. The van der Waals surface area contributed by atoms with Gasteiger partial charge in [0.2, 0.25) is 0 Å². The van der Waals surface area contributed by atoms with Gasteiger partial charge >= 0.3 is 11.7 Å². The molecule has 22 heavy (non-hydrogen) atoms. The van der Waals surface area contributed by atoms with Crippen molar-refractivity contribution in [2.24, 2.45) is 0 Å². The highest BCUT2D eigenvalue weighted by Gasteiger charge is 2.27. The summed E-state index contributed by atoms with van der Waals surface area (Å²) in [4.78, 5) is 28.3. The molecule has 0 aromatic carbocycles. The molecule has 3 rings (SSSR count). The lowest BCUT2D eigenvalue weighted by molar-refractivity contribution is -0.00647. The number of nitrogens with zero attached hydrogens (tertiary/aromatic N) is 3. The van der Waals surface area contributed by atoms with Gasteiger partial charge in [-0.15, -0.1) is 11.8 Å². The molecule has 1 aliphatic heterocycles. The molecular weight excluding hydrogens is 310 g/mol. The summed E-state index contributed by atoms with van der Waals surface area (Å²) in [5.74, 6) is 0.000886. The molecule has 2 aromatic heterocycles. The third kappa shape index (κ3) is 2.62. The van der Waals surface area contributed by atoms with Gasteiger partial charge in [-0.3, -0.25) is 8.97 Å². The van der Waals surface area contributed by atoms with Gasteiger partial charge in [-0.25, -0.2) is 14.6 Å². The van der Waals surface area contributed by atoms with Crippen LogP contribution in [0.15, 0.2) is 23.3 Å². The van der Waals surface area contributed by atoms with Crippen molar-refractivity contribution >= 4 is 23.4 Å². The Bertz CT molecular complexity index is 756. The van der Waals surface area contributed by atoms with E-state index in [0.29, 0.717) is 11.4 Å². The first-order valence-corrected chi connectivity index (χ1v) is 7.84. The summed E-state index contributed by atoms with van der Waals surface area (Å²) in [6, 6.07) is 1.63. The van der Waals surface area contributed by atoms with E-state index in [0.717, 1.165) is 0 Å². The van der Waals surface area contributed by atoms with Gasteiger partial charge in [0, 0.05) is 18.1 Å². The number of aliphatic hydroxyl groups is 1. The molecule has 1 aliphatic rings. The number of rotatable bonds is 4. The van der Waals surface area contributed by atoms with Crippen LogP contribution in [0.5, 0.6) is 0 Å². The largest absolute Gasteiger partial charge is 0.461 e. The summed E-state index contributed by atoms with van der Waals surface area (Å²) >= 11 is 1.45. The summed E-state index contributed by atoms with van der Waals surface area (Å²) in [7, 11) is 0. The van der Waals surface area contributed by atoms with Gasteiger partial charge < -0.3 is 14.6 Å². The van der Waals surface area contributed by atoms with Crippen LogP contribution in [0.25, 0.3) is 5.65 Å². The van der Waals surface area contributed by atoms with E-state index in [9.17, 15) is 9.59 Å². The lowest BCUT2D eigenvalue weighted by Crippen LogP contribution is -2.30. The van der Waals surface area contributed by atoms with E-state index in [4.69, 9.17) is 14.6 Å². The van der Waals surface area contributed by atoms with Crippen molar-refractivity contribution in [3.8, 4) is 0 Å². The SMILES string of the molecule is CCOC(=O)c1cn2c(=O)n([C@@H]3CS[C@H](CO)O3)ccc2n1. The fraction of sp³-hybridized carbons (Fsp3) is 0.462. The average Bonchev–Trinajstić information content (AvgIpc) is 3.14. The Balaban J connectivity index is 1.96. The van der Waals surface area contributed by atoms with Crippen LogP contribution in [0.4, 0.5) is 0 Å². The molecule has 1 N–H and O–H groups in total. The standard InChI is InChI=1S/C13H15N3O5S/c1-2-20-12(18)8-5-16-9(14-8)3-4-15(13(16)19)10-7-22-11(6-17)21-10/h3-5,10-11,17H,2,6-7H2,1H3/t10-,11+/m0/s1. The van der Waals surface area contributed by atoms with Gasteiger partial charge in [0.15, 0.2) is 5.69 Å². The first-order chi connectivity index (χ1) is 10.6. The minimum Gasteiger partial charge on any atom is -0.461 e. The van der Waals surface area contributed by atoms with E-state index in [2.05, 4.69) is 4.98 Å². The van der Waals surface area contributed by atoms with E-state index in [1.807, 2.05) is 0 Å². The molecule has 0 spiro atoms. The van der Waals surface area contributed by atoms with Crippen LogP contribution in [0, 0.1) is 0 Å². The topological polar surface area (TPSA) is 95.1 Å². The second-order valence-corrected chi connectivity index (χ2v) is 5.81. The van der Waals surface area contributed by atoms with Gasteiger partial charge in [-0.2, -0.15) is 0 Å². The number of aliphatic hydroxyl groups excluding tert-OH is 1. The van der Waals surface area contributed by atoms with Crippen molar-refractivity contribution in [3.63, 3.8) is 0 Å². The molecule has 3 heterocycles. The maximum atomic E-state index is 12.5. The van der Waals surface area contributed by atoms with Crippen LogP contribution in [0.1, 0.15) is 23.6 Å². The third-order valence-corrected chi connectivity index (χ3v) is 4.33. The van der Waals surface area contributed by atoms with Crippen molar-refractivity contribution < 1.29 is 19.4 Å². The van der Waals surface area contributed by atoms with Gasteiger partial charge in [-0.1, -0.05) is 0 Å². The number of ether oxygens (including phenoxy) is 2. The Kier molecular flexibility index (Phi) is 4.19. The van der Waals surface area contributed by atoms with E-state index in [1.165, 1.54) is 26.9 Å². The zero-order valence-electron chi connectivity index (χ0n) is 11.8. The van der Waals surface area contributed by atoms with Crippen molar-refractivity contribution in [2.75, 3.05) is 19.0 Å². The first kappa shape index (κ1) is 15.1. The van der Waals surface area contributed by atoms with Crippen molar-refractivity contribution in [1.82, 2.24) is 14.0 Å². The van der Waals surface area contributed by atoms with Crippen LogP contribution in [-0.2, 0) is 9.47 Å². The highest BCUT2D eigenvalue weighted by atomic mass is 32.2. The number of carbonyl (C=O) groups excluding carboxylic acids is 1. The Hall–Kier alpha value is -1.84. The molecule has 9 heteroatoms. The molecule has 118 valence electrons. The summed E-state index contributed by atoms with van der Waals surface area (Å²) in [6.45, 7) is 1.84. The molecule has 1 saturated heterocycles. The van der Waals surface area contributed by atoms with Crippen molar-refractivity contribution in [3.05, 3.63) is 34.6 Å². The smallest absolute Gasteiger partial charge is 0.358 e. The Morgan fingerprint density at radius 1 is 1.64 bits per heavy atom. The number of carbonyl (C=O) groups is 1. The molecule has 0 amide bonds. The summed E-state index contributed by atoms with van der Waals surface area (Å²) < 4.78 is 13.2. The number of hydrogen-bond acceptors (Lipinski definition) is 7. The molecule has 1 fully saturated rings. The Morgan fingerprint density at radius 2 is 2.45 bits per heavy atom. The summed E-state index contributed by atoms with van der Waals surface area (Å²) in [6.07, 6.45) is 2.48. The van der Waals surface area contributed by atoms with Gasteiger partial charge in [0.25, 0.3) is 0 Å². The molecule has 2 aromatic rings. The predicted molar refractivity (Wildman–Crippen MR) is 78.9 cm³/mol. The lowest BCUT2D eigenvalue weighted by atomic mass is 10.5. The van der Waals surface area contributed by atoms with Crippen molar-refractivity contribution in [1.29, 1.82) is 0 Å². The van der Waals surface area contributed by atoms with E-state index >= 15 is 0 Å². The minimum atomic E-state index is -0.565. The number of hydrogen-bond donors (Lipinski definition) is 1. The molecule has 0 aliphatic carbocycles. The third-order valence-electron chi connectivity index (χ3n) is 3.22. The van der Waals surface area contributed by atoms with Crippen LogP contribution in [0.3, 0.4) is 0 Å². The molecule has 8 nitrogen and oxygen atoms in total. The van der Waals surface area contributed by atoms with Gasteiger partial charge in [0.05, 0.1) is 13.2 Å². The quantitative estimate of drug-likeness (QED) is 0.805. The Labute approximate surface area is 129 Å². The van der Waals surface area contributed by atoms with Crippen molar-refractivity contribution in [2.45, 2.75) is 18.6 Å². The molecular formula is C13H15N3O5S. The number of aromatic nitrogens is 3. The van der Waals surface area contributed by atoms with Gasteiger partial charge in [-0.05, 0) is 13.0 Å². The average molecular weight is 325 g/mol. The van der Waals surface area contributed by atoms with E-state index in [-0.39, 0.29) is 30.0 Å². The monoisotopic (exact) mass is 325 g/mol. The number of imidazole rings is 1. The molecule has 0 unspecified atom stereocenters. The fourth-order valence-electron chi connectivity index (χ4n) is 2.21. The number of fused-ring (bicyclic) bond motifs is 1. The number of thioether (sulfide) groups is 1. The maximum absolute atomic E-state index is 12.5. The maximum Gasteiger partial charge on any atom is 0.358 e.